The molecule has 1 fully saturated rings. The van der Waals surface area contributed by atoms with Crippen LogP contribution >= 0.6 is 7.26 Å². The Labute approximate surface area is 314 Å². The fourth-order valence-electron chi connectivity index (χ4n) is 6.53. The molecule has 1 amide bonds. The molecule has 1 saturated heterocycles. The Kier molecular flexibility index (Phi) is 14.1. The number of hydrogen-bond acceptors (Lipinski definition) is 7. The number of halogens is 1. The number of amidine groups is 1. The van der Waals surface area contributed by atoms with Crippen molar-refractivity contribution in [1.29, 1.82) is 0 Å². The monoisotopic (exact) mass is 751 g/mol. The number of nitrogens with zero attached hydrogens (tertiary/aromatic N) is 3. The normalized spacial score (nSPS) is 14.1. The van der Waals surface area contributed by atoms with Crippen LogP contribution in [0.2, 0.25) is 0 Å². The van der Waals surface area contributed by atoms with Crippen molar-refractivity contribution >= 4 is 40.2 Å². The standard InChI is InChI=1S/C42H43N3O2P.ClHO4/c1-3-44(4-2)41(35-22-12-6-13-23-35)43-39(42(46)45-30-32-47-33-31-45)40(34-20-10-5-11-21-34)48(36-24-14-7-15-25-36,37-26-16-8-17-27-37)38-28-18-9-19-29-38;2-1(3,4)5/h5-29H,3-4,30-33H2,1-2H3;(H,2,3,4,5)/q+1;/p-1/b40-39-,43-41?;. The minimum absolute atomic E-state index is 0.0788. The van der Waals surface area contributed by atoms with E-state index in [0.29, 0.717) is 32.0 Å². The zero-order valence-corrected chi connectivity index (χ0v) is 31.4. The fourth-order valence-corrected chi connectivity index (χ4v) is 11.1. The summed E-state index contributed by atoms with van der Waals surface area (Å²) in [5.74, 6) is 0.711. The van der Waals surface area contributed by atoms with Crippen molar-refractivity contribution in [2.75, 3.05) is 39.4 Å². The average molecular weight is 752 g/mol. The minimum Gasteiger partial charge on any atom is -0.378 e. The number of rotatable bonds is 10. The summed E-state index contributed by atoms with van der Waals surface area (Å²) >= 11 is 0. The predicted molar refractivity (Wildman–Crippen MR) is 202 cm³/mol. The first kappa shape index (κ1) is 39.5. The largest absolute Gasteiger partial charge is 0.378 e. The van der Waals surface area contributed by atoms with Gasteiger partial charge in [-0.3, -0.25) is 4.79 Å². The van der Waals surface area contributed by atoms with Crippen molar-refractivity contribution in [1.82, 2.24) is 9.80 Å². The number of ether oxygens (including phenoxy) is 1. The predicted octanol–water partition coefficient (Wildman–Crippen LogP) is 2.24. The summed E-state index contributed by atoms with van der Waals surface area (Å²) in [6, 6.07) is 52.9. The van der Waals surface area contributed by atoms with Crippen LogP contribution in [0.15, 0.2) is 162 Å². The quantitative estimate of drug-likeness (QED) is 0.0925. The molecule has 0 N–H and O–H groups in total. The number of carbonyl (C=O) groups is 1. The van der Waals surface area contributed by atoms with E-state index in [-0.39, 0.29) is 5.91 Å². The molecule has 1 aliphatic heterocycles. The van der Waals surface area contributed by atoms with Gasteiger partial charge in [-0.1, -0.05) is 115 Å². The van der Waals surface area contributed by atoms with Gasteiger partial charge in [0.1, 0.15) is 34.3 Å². The number of benzene rings is 5. The molecule has 0 unspecified atom stereocenters. The van der Waals surface area contributed by atoms with Crippen LogP contribution in [0.25, 0.3) is 5.31 Å². The third kappa shape index (κ3) is 9.84. The topological polar surface area (TPSA) is 137 Å². The molecule has 9 nitrogen and oxygen atoms in total. The summed E-state index contributed by atoms with van der Waals surface area (Å²) in [5.41, 5.74) is 2.43. The highest BCUT2D eigenvalue weighted by Crippen LogP contribution is 2.67. The van der Waals surface area contributed by atoms with Gasteiger partial charge in [0.15, 0.2) is 5.70 Å². The van der Waals surface area contributed by atoms with Gasteiger partial charge in [0.05, 0.1) is 13.2 Å². The Morgan fingerprint density at radius 3 is 1.38 bits per heavy atom. The van der Waals surface area contributed by atoms with Gasteiger partial charge in [-0.2, -0.15) is 0 Å². The van der Waals surface area contributed by atoms with Crippen LogP contribution in [0.4, 0.5) is 0 Å². The van der Waals surface area contributed by atoms with E-state index < -0.39 is 17.5 Å². The van der Waals surface area contributed by atoms with E-state index in [2.05, 4.69) is 146 Å². The lowest BCUT2D eigenvalue weighted by Gasteiger charge is -2.33. The highest BCUT2D eigenvalue weighted by Gasteiger charge is 2.53. The van der Waals surface area contributed by atoms with Crippen molar-refractivity contribution in [3.05, 3.63) is 168 Å². The Morgan fingerprint density at radius 1 is 0.642 bits per heavy atom. The van der Waals surface area contributed by atoms with Crippen molar-refractivity contribution in [2.45, 2.75) is 13.8 Å². The van der Waals surface area contributed by atoms with E-state index >= 15 is 4.79 Å². The second-order valence-corrected chi connectivity index (χ2v) is 16.1. The molecule has 1 heterocycles. The molecule has 0 atom stereocenters. The molecule has 53 heavy (non-hydrogen) atoms. The zero-order chi connectivity index (χ0) is 37.7. The lowest BCUT2D eigenvalue weighted by Crippen LogP contribution is -2.68. The first-order chi connectivity index (χ1) is 25.7. The molecule has 0 bridgehead atoms. The van der Waals surface area contributed by atoms with Crippen LogP contribution in [0.5, 0.6) is 0 Å². The molecule has 6 rings (SSSR count). The maximum atomic E-state index is 15.3. The van der Waals surface area contributed by atoms with Gasteiger partial charge in [0, 0.05) is 37.3 Å². The molecule has 1 aliphatic rings. The molecular weight excluding hydrogens is 709 g/mol. The van der Waals surface area contributed by atoms with Gasteiger partial charge in [-0.25, -0.2) is 23.6 Å². The van der Waals surface area contributed by atoms with Crippen molar-refractivity contribution in [2.24, 2.45) is 4.99 Å². The van der Waals surface area contributed by atoms with E-state index in [1.165, 1.54) is 0 Å². The summed E-state index contributed by atoms with van der Waals surface area (Å²) in [7, 11) is -7.71. The maximum absolute atomic E-state index is 15.3. The van der Waals surface area contributed by atoms with E-state index in [1.807, 2.05) is 29.2 Å². The van der Waals surface area contributed by atoms with Gasteiger partial charge in [0.25, 0.3) is 5.91 Å². The van der Waals surface area contributed by atoms with Gasteiger partial charge in [0.2, 0.25) is 0 Å². The molecule has 5 aromatic rings. The SMILES string of the molecule is CCN(CC)C(=N/C(C(=O)N1CCOCC1)=C(/c1ccccc1)[P+](c1ccccc1)(c1ccccc1)c1ccccc1)c1ccccc1.[O-][Cl+3]([O-])([O-])[O-]. The van der Waals surface area contributed by atoms with Crippen LogP contribution in [-0.4, -0.2) is 60.9 Å². The number of carbonyl (C=O) groups excluding carboxylic acids is 1. The van der Waals surface area contributed by atoms with Gasteiger partial charge in [-0.05, 0) is 50.2 Å². The summed E-state index contributed by atoms with van der Waals surface area (Å²) in [4.78, 5) is 25.1. The van der Waals surface area contributed by atoms with E-state index in [0.717, 1.165) is 51.3 Å². The first-order valence-corrected chi connectivity index (χ1v) is 20.4. The van der Waals surface area contributed by atoms with E-state index in [4.69, 9.17) is 28.4 Å². The zero-order valence-electron chi connectivity index (χ0n) is 29.8. The number of morpholine rings is 1. The second-order valence-electron chi connectivity index (χ2n) is 12.0. The lowest BCUT2D eigenvalue weighted by atomic mass is 10.1. The molecule has 0 spiro atoms. The molecule has 11 heteroatoms. The first-order valence-electron chi connectivity index (χ1n) is 17.4. The van der Waals surface area contributed by atoms with Gasteiger partial charge in [-0.15, -0.1) is 10.2 Å². The molecule has 0 saturated carbocycles. The van der Waals surface area contributed by atoms with E-state index in [9.17, 15) is 0 Å². The van der Waals surface area contributed by atoms with Crippen molar-refractivity contribution in [3.63, 3.8) is 0 Å². The Balaban J connectivity index is 0.00000101. The average Bonchev–Trinajstić information content (AvgIpc) is 3.20. The highest BCUT2D eigenvalue weighted by molar-refractivity contribution is 8.03. The summed E-state index contributed by atoms with van der Waals surface area (Å²) < 4.78 is 39.7. The second kappa shape index (κ2) is 18.9. The number of amides is 1. The third-order valence-electron chi connectivity index (χ3n) is 8.85. The molecule has 5 aromatic carbocycles. The smallest absolute Gasteiger partial charge is 0.276 e. The Hall–Kier alpha value is -4.70. The summed E-state index contributed by atoms with van der Waals surface area (Å²) in [6.07, 6.45) is 0. The number of aliphatic imine (C=N–C) groups is 1. The summed E-state index contributed by atoms with van der Waals surface area (Å²) in [5, 5.41) is 4.43. The van der Waals surface area contributed by atoms with E-state index in [1.54, 1.807) is 0 Å². The molecule has 274 valence electrons. The molecule has 0 aliphatic carbocycles. The Morgan fingerprint density at radius 2 is 1.00 bits per heavy atom. The summed E-state index contributed by atoms with van der Waals surface area (Å²) in [6.45, 7) is 7.81. The van der Waals surface area contributed by atoms with Crippen molar-refractivity contribution < 1.29 is 38.4 Å². The molecule has 0 aromatic heterocycles. The van der Waals surface area contributed by atoms with Crippen LogP contribution in [0, 0.1) is 10.2 Å². The van der Waals surface area contributed by atoms with Crippen LogP contribution in [0.3, 0.4) is 0 Å². The fraction of sp³-hybridized carbons (Fsp3) is 0.190. The Bertz CT molecular complexity index is 1830. The number of hydrogen-bond donors (Lipinski definition) is 0. The highest BCUT2D eigenvalue weighted by atomic mass is 35.7. The van der Waals surface area contributed by atoms with Crippen LogP contribution in [-0.2, 0) is 9.53 Å². The molecule has 0 radical (unpaired) electrons. The van der Waals surface area contributed by atoms with Gasteiger partial charge >= 0.3 is 0 Å². The van der Waals surface area contributed by atoms with Crippen LogP contribution in [0.1, 0.15) is 25.0 Å². The van der Waals surface area contributed by atoms with Crippen molar-refractivity contribution in [3.8, 4) is 0 Å². The lowest BCUT2D eigenvalue weighted by molar-refractivity contribution is -2.00. The minimum atomic E-state index is -4.94. The van der Waals surface area contributed by atoms with Crippen LogP contribution < -0.4 is 34.5 Å². The van der Waals surface area contributed by atoms with Gasteiger partial charge < -0.3 is 14.5 Å². The molecular formula is C42H43ClN3O6P. The third-order valence-corrected chi connectivity index (χ3v) is 13.2. The maximum Gasteiger partial charge on any atom is 0.276 e.